The fraction of sp³-hybridized carbons (Fsp3) is 0.429. The van der Waals surface area contributed by atoms with E-state index in [0.717, 1.165) is 16.7 Å². The number of amides is 1. The maximum Gasteiger partial charge on any atom is 0.227 e. The van der Waals surface area contributed by atoms with Crippen molar-refractivity contribution in [3.63, 3.8) is 0 Å². The molecule has 0 unspecified atom stereocenters. The first-order valence-corrected chi connectivity index (χ1v) is 6.06. The molecule has 1 N–H and O–H groups in total. The lowest BCUT2D eigenvalue weighted by atomic mass is 9.91. The first-order valence-electron chi connectivity index (χ1n) is 6.06. The van der Waals surface area contributed by atoms with Gasteiger partial charge < -0.3 is 9.88 Å². The second kappa shape index (κ2) is 4.44. The molecular formula is C14H19N3O. The van der Waals surface area contributed by atoms with E-state index in [4.69, 9.17) is 0 Å². The van der Waals surface area contributed by atoms with Gasteiger partial charge in [-0.05, 0) is 23.6 Å². The molecule has 2 rings (SSSR count). The molecule has 0 fully saturated rings. The molecule has 1 aromatic heterocycles. The van der Waals surface area contributed by atoms with Crippen molar-refractivity contribution in [3.8, 4) is 0 Å². The van der Waals surface area contributed by atoms with Crippen LogP contribution in [-0.4, -0.2) is 22.9 Å². The normalized spacial score (nSPS) is 11.8. The number of hydrogen-bond acceptors (Lipinski definition) is 2. The highest BCUT2D eigenvalue weighted by molar-refractivity contribution is 5.95. The summed E-state index contributed by atoms with van der Waals surface area (Å²) < 4.78 is 0. The summed E-state index contributed by atoms with van der Waals surface area (Å²) in [5.41, 5.74) is 2.75. The Morgan fingerprint density at radius 3 is 2.78 bits per heavy atom. The predicted octanol–water partition coefficient (Wildman–Crippen LogP) is 2.96. The third kappa shape index (κ3) is 2.70. The van der Waals surface area contributed by atoms with E-state index < -0.39 is 0 Å². The van der Waals surface area contributed by atoms with E-state index in [-0.39, 0.29) is 11.3 Å². The summed E-state index contributed by atoms with van der Waals surface area (Å²) in [4.78, 5) is 21.1. The van der Waals surface area contributed by atoms with Gasteiger partial charge in [0.15, 0.2) is 0 Å². The Morgan fingerprint density at radius 2 is 2.11 bits per heavy atom. The molecule has 0 radical (unpaired) electrons. The molecular weight excluding hydrogens is 226 g/mol. The van der Waals surface area contributed by atoms with Crippen molar-refractivity contribution >= 4 is 22.6 Å². The van der Waals surface area contributed by atoms with Crippen LogP contribution in [0.25, 0.3) is 11.0 Å². The molecule has 1 aromatic carbocycles. The van der Waals surface area contributed by atoms with E-state index in [2.05, 4.69) is 30.7 Å². The number of nitrogens with one attached hydrogen (secondary N) is 1. The molecule has 1 amide bonds. The second-order valence-corrected chi connectivity index (χ2v) is 5.79. The van der Waals surface area contributed by atoms with Crippen LogP contribution < -0.4 is 4.90 Å². The van der Waals surface area contributed by atoms with Gasteiger partial charge in [0.05, 0.1) is 17.4 Å². The van der Waals surface area contributed by atoms with Crippen LogP contribution >= 0.6 is 0 Å². The number of aromatic amines is 1. The zero-order valence-corrected chi connectivity index (χ0v) is 11.3. The lowest BCUT2D eigenvalue weighted by Gasteiger charge is -2.23. The molecule has 4 heteroatoms. The van der Waals surface area contributed by atoms with Crippen LogP contribution in [0.15, 0.2) is 24.5 Å². The van der Waals surface area contributed by atoms with Crippen LogP contribution in [0.3, 0.4) is 0 Å². The highest BCUT2D eigenvalue weighted by Gasteiger charge is 2.20. The Balaban J connectivity index is 2.22. The number of carbonyl (C=O) groups is 1. The largest absolute Gasteiger partial charge is 0.345 e. The maximum atomic E-state index is 12.1. The number of aromatic nitrogens is 2. The lowest BCUT2D eigenvalue weighted by Crippen LogP contribution is -2.29. The number of hydrogen-bond donors (Lipinski definition) is 1. The molecule has 0 saturated carbocycles. The topological polar surface area (TPSA) is 49.0 Å². The number of rotatable bonds is 2. The van der Waals surface area contributed by atoms with E-state index in [0.29, 0.717) is 6.42 Å². The van der Waals surface area contributed by atoms with Crippen molar-refractivity contribution in [1.29, 1.82) is 0 Å². The molecule has 0 saturated heterocycles. The molecule has 0 aliphatic carbocycles. The molecule has 0 aliphatic heterocycles. The monoisotopic (exact) mass is 245 g/mol. The van der Waals surface area contributed by atoms with E-state index in [1.54, 1.807) is 11.2 Å². The van der Waals surface area contributed by atoms with Crippen molar-refractivity contribution in [1.82, 2.24) is 9.97 Å². The SMILES string of the molecule is CN(C(=O)CC(C)(C)C)c1ccc2nc[nH]c2c1. The molecule has 18 heavy (non-hydrogen) atoms. The number of imidazole rings is 1. The van der Waals surface area contributed by atoms with E-state index in [1.807, 2.05) is 25.2 Å². The summed E-state index contributed by atoms with van der Waals surface area (Å²) in [7, 11) is 1.81. The summed E-state index contributed by atoms with van der Waals surface area (Å²) in [6.07, 6.45) is 2.19. The third-order valence-corrected chi connectivity index (χ3v) is 2.85. The molecule has 0 atom stereocenters. The smallest absolute Gasteiger partial charge is 0.227 e. The van der Waals surface area contributed by atoms with Gasteiger partial charge >= 0.3 is 0 Å². The van der Waals surface area contributed by atoms with Gasteiger partial charge in [-0.3, -0.25) is 4.79 Å². The van der Waals surface area contributed by atoms with E-state index >= 15 is 0 Å². The Hall–Kier alpha value is -1.84. The molecule has 0 spiro atoms. The zero-order valence-electron chi connectivity index (χ0n) is 11.3. The number of fused-ring (bicyclic) bond motifs is 1. The van der Waals surface area contributed by atoms with Crippen LogP contribution in [0.2, 0.25) is 0 Å². The molecule has 1 heterocycles. The van der Waals surface area contributed by atoms with Crippen LogP contribution in [0.5, 0.6) is 0 Å². The fourth-order valence-corrected chi connectivity index (χ4v) is 1.85. The number of benzene rings is 1. The molecule has 0 bridgehead atoms. The highest BCUT2D eigenvalue weighted by atomic mass is 16.2. The summed E-state index contributed by atoms with van der Waals surface area (Å²) >= 11 is 0. The van der Waals surface area contributed by atoms with Crippen molar-refractivity contribution in [3.05, 3.63) is 24.5 Å². The van der Waals surface area contributed by atoms with Crippen molar-refractivity contribution in [2.45, 2.75) is 27.2 Å². The lowest BCUT2D eigenvalue weighted by molar-refractivity contribution is -0.120. The second-order valence-electron chi connectivity index (χ2n) is 5.79. The van der Waals surface area contributed by atoms with Gasteiger partial charge in [0.2, 0.25) is 5.91 Å². The summed E-state index contributed by atoms with van der Waals surface area (Å²) in [6.45, 7) is 6.20. The minimum absolute atomic E-state index is 0.00340. The van der Waals surface area contributed by atoms with Crippen molar-refractivity contribution < 1.29 is 4.79 Å². The van der Waals surface area contributed by atoms with Crippen LogP contribution in [0.1, 0.15) is 27.2 Å². The summed E-state index contributed by atoms with van der Waals surface area (Å²) in [5, 5.41) is 0. The maximum absolute atomic E-state index is 12.1. The van der Waals surface area contributed by atoms with Crippen molar-refractivity contribution in [2.75, 3.05) is 11.9 Å². The molecule has 2 aromatic rings. The van der Waals surface area contributed by atoms with Gasteiger partial charge in [-0.25, -0.2) is 4.98 Å². The van der Waals surface area contributed by atoms with Gasteiger partial charge in [-0.1, -0.05) is 20.8 Å². The van der Waals surface area contributed by atoms with Gasteiger partial charge in [-0.15, -0.1) is 0 Å². The number of H-pyrrole nitrogens is 1. The fourth-order valence-electron chi connectivity index (χ4n) is 1.85. The number of nitrogens with zero attached hydrogens (tertiary/aromatic N) is 2. The van der Waals surface area contributed by atoms with E-state index in [9.17, 15) is 4.79 Å². The van der Waals surface area contributed by atoms with E-state index in [1.165, 1.54) is 0 Å². The number of carbonyl (C=O) groups excluding carboxylic acids is 1. The van der Waals surface area contributed by atoms with Gasteiger partial charge in [-0.2, -0.15) is 0 Å². The molecule has 4 nitrogen and oxygen atoms in total. The van der Waals surface area contributed by atoms with Crippen LogP contribution in [0.4, 0.5) is 5.69 Å². The Kier molecular flexibility index (Phi) is 3.11. The Morgan fingerprint density at radius 1 is 1.39 bits per heavy atom. The quantitative estimate of drug-likeness (QED) is 0.884. The average molecular weight is 245 g/mol. The first kappa shape index (κ1) is 12.6. The average Bonchev–Trinajstić information content (AvgIpc) is 2.72. The summed E-state index contributed by atoms with van der Waals surface area (Å²) in [5.74, 6) is 0.126. The Bertz CT molecular complexity index is 566. The Labute approximate surface area is 107 Å². The van der Waals surface area contributed by atoms with Gasteiger partial charge in [0.1, 0.15) is 0 Å². The first-order chi connectivity index (χ1) is 8.37. The van der Waals surface area contributed by atoms with Crippen LogP contribution in [0, 0.1) is 5.41 Å². The zero-order chi connectivity index (χ0) is 13.3. The van der Waals surface area contributed by atoms with Crippen molar-refractivity contribution in [2.24, 2.45) is 5.41 Å². The number of anilines is 1. The molecule has 0 aliphatic rings. The molecule has 96 valence electrons. The van der Waals surface area contributed by atoms with Gasteiger partial charge in [0.25, 0.3) is 0 Å². The predicted molar refractivity (Wildman–Crippen MR) is 73.6 cm³/mol. The highest BCUT2D eigenvalue weighted by Crippen LogP contribution is 2.23. The third-order valence-electron chi connectivity index (χ3n) is 2.85. The summed E-state index contributed by atoms with van der Waals surface area (Å²) in [6, 6.07) is 5.79. The minimum Gasteiger partial charge on any atom is -0.345 e. The minimum atomic E-state index is 0.00340. The van der Waals surface area contributed by atoms with Gasteiger partial charge in [0, 0.05) is 19.2 Å². The standard InChI is InChI=1S/C14H19N3O/c1-14(2,3)8-13(18)17(4)10-5-6-11-12(7-10)16-9-15-11/h5-7,9H,8H2,1-4H3,(H,15,16). The van der Waals surface area contributed by atoms with Crippen LogP contribution in [-0.2, 0) is 4.79 Å².